The molecule has 0 saturated heterocycles. The summed E-state index contributed by atoms with van der Waals surface area (Å²) in [6.45, 7) is 0. The molecule has 0 aliphatic heterocycles. The number of hydrogen-bond donors (Lipinski definition) is 0. The summed E-state index contributed by atoms with van der Waals surface area (Å²) >= 11 is 4.59. The number of aryl methyl sites for hydroxylation is 1. The lowest BCUT2D eigenvalue weighted by molar-refractivity contribution is 0.338. The summed E-state index contributed by atoms with van der Waals surface area (Å²) in [5, 5.41) is 0. The molecule has 0 N–H and O–H groups in total. The molecule has 0 fully saturated rings. The van der Waals surface area contributed by atoms with E-state index in [1.165, 1.54) is 21.2 Å². The van der Waals surface area contributed by atoms with Crippen molar-refractivity contribution >= 4 is 37.3 Å². The molecule has 2 aromatic rings. The highest BCUT2D eigenvalue weighted by atomic mass is 79.9. The number of nitrogens with zero attached hydrogens (tertiary/aromatic N) is 1. The van der Waals surface area contributed by atoms with E-state index in [9.17, 15) is 8.42 Å². The van der Waals surface area contributed by atoms with Gasteiger partial charge in [-0.15, -0.1) is 11.3 Å². The van der Waals surface area contributed by atoms with Crippen molar-refractivity contribution in [3.05, 3.63) is 51.3 Å². The molecule has 0 saturated carbocycles. The number of halogens is 1. The van der Waals surface area contributed by atoms with Crippen molar-refractivity contribution in [2.75, 3.05) is 7.05 Å². The molecule has 112 valence electrons. The predicted molar refractivity (Wildman–Crippen MR) is 89.1 cm³/mol. The second kappa shape index (κ2) is 5.83. The first kappa shape index (κ1) is 15.2. The van der Waals surface area contributed by atoms with Gasteiger partial charge in [-0.2, -0.15) is 4.31 Å². The van der Waals surface area contributed by atoms with Gasteiger partial charge in [-0.05, 0) is 58.5 Å². The Morgan fingerprint density at radius 2 is 2.00 bits per heavy atom. The number of benzene rings is 1. The zero-order valence-corrected chi connectivity index (χ0v) is 14.8. The molecule has 0 radical (unpaired) electrons. The molecular formula is C15H16BrNO2S2. The van der Waals surface area contributed by atoms with Crippen LogP contribution in [0, 0.1) is 0 Å². The van der Waals surface area contributed by atoms with Gasteiger partial charge in [-0.1, -0.05) is 24.3 Å². The Kier molecular flexibility index (Phi) is 4.23. The van der Waals surface area contributed by atoms with Gasteiger partial charge in [0.05, 0.1) is 9.83 Å². The van der Waals surface area contributed by atoms with Crippen LogP contribution in [0.25, 0.3) is 0 Å². The minimum Gasteiger partial charge on any atom is -0.206 e. The average molecular weight is 386 g/mol. The first-order chi connectivity index (χ1) is 10.00. The number of rotatable bonds is 3. The lowest BCUT2D eigenvalue weighted by atomic mass is 9.88. The van der Waals surface area contributed by atoms with Gasteiger partial charge in [0, 0.05) is 7.05 Å². The third-order valence-electron chi connectivity index (χ3n) is 3.96. The molecule has 1 aliphatic rings. The maximum atomic E-state index is 12.8. The van der Waals surface area contributed by atoms with E-state index in [4.69, 9.17) is 0 Å². The zero-order chi connectivity index (χ0) is 15.0. The van der Waals surface area contributed by atoms with Crippen LogP contribution in [-0.2, 0) is 16.4 Å². The van der Waals surface area contributed by atoms with Gasteiger partial charge in [0.1, 0.15) is 4.21 Å². The molecule has 0 amide bonds. The Hall–Kier alpha value is -0.690. The summed E-state index contributed by atoms with van der Waals surface area (Å²) in [5.41, 5.74) is 2.41. The highest BCUT2D eigenvalue weighted by molar-refractivity contribution is 9.11. The zero-order valence-electron chi connectivity index (χ0n) is 11.6. The Morgan fingerprint density at radius 1 is 1.24 bits per heavy atom. The third kappa shape index (κ3) is 2.82. The van der Waals surface area contributed by atoms with Crippen molar-refractivity contribution in [3.8, 4) is 0 Å². The second-order valence-electron chi connectivity index (χ2n) is 5.19. The molecule has 0 bridgehead atoms. The lowest BCUT2D eigenvalue weighted by Gasteiger charge is -2.32. The van der Waals surface area contributed by atoms with E-state index < -0.39 is 10.0 Å². The van der Waals surface area contributed by atoms with E-state index in [1.54, 1.807) is 19.2 Å². The van der Waals surface area contributed by atoms with Gasteiger partial charge >= 0.3 is 0 Å². The van der Waals surface area contributed by atoms with Crippen molar-refractivity contribution < 1.29 is 8.42 Å². The maximum absolute atomic E-state index is 12.8. The SMILES string of the molecule is CN([C@@H]1CCCc2ccccc21)S(=O)(=O)c1ccc(Br)s1. The van der Waals surface area contributed by atoms with E-state index in [2.05, 4.69) is 28.1 Å². The fourth-order valence-corrected chi connectivity index (χ4v) is 6.41. The summed E-state index contributed by atoms with van der Waals surface area (Å²) in [5.74, 6) is 0. The number of sulfonamides is 1. The molecule has 3 nitrogen and oxygen atoms in total. The van der Waals surface area contributed by atoms with Crippen LogP contribution >= 0.6 is 27.3 Å². The number of thiophene rings is 1. The molecule has 21 heavy (non-hydrogen) atoms. The van der Waals surface area contributed by atoms with Crippen molar-refractivity contribution in [2.45, 2.75) is 29.5 Å². The molecule has 0 unspecified atom stereocenters. The molecule has 1 atom stereocenters. The Morgan fingerprint density at radius 3 is 2.71 bits per heavy atom. The quantitative estimate of drug-likeness (QED) is 0.793. The Labute approximate surface area is 137 Å². The average Bonchev–Trinajstić information content (AvgIpc) is 2.93. The van der Waals surface area contributed by atoms with E-state index in [0.29, 0.717) is 4.21 Å². The van der Waals surface area contributed by atoms with Crippen LogP contribution in [0.4, 0.5) is 0 Å². The van der Waals surface area contributed by atoms with Crippen LogP contribution in [-0.4, -0.2) is 19.8 Å². The summed E-state index contributed by atoms with van der Waals surface area (Å²) in [6, 6.07) is 11.5. The van der Waals surface area contributed by atoms with E-state index in [0.717, 1.165) is 28.6 Å². The van der Waals surface area contributed by atoms with Crippen LogP contribution < -0.4 is 0 Å². The van der Waals surface area contributed by atoms with Gasteiger partial charge in [0.15, 0.2) is 0 Å². The molecule has 0 spiro atoms. The smallest absolute Gasteiger partial charge is 0.206 e. The van der Waals surface area contributed by atoms with E-state index in [1.807, 2.05) is 12.1 Å². The predicted octanol–water partition coefficient (Wildman–Crippen LogP) is 4.21. The molecule has 6 heteroatoms. The van der Waals surface area contributed by atoms with Crippen molar-refractivity contribution in [1.29, 1.82) is 0 Å². The van der Waals surface area contributed by atoms with Gasteiger partial charge in [0.2, 0.25) is 0 Å². The van der Waals surface area contributed by atoms with Crippen LogP contribution in [0.5, 0.6) is 0 Å². The van der Waals surface area contributed by atoms with Crippen molar-refractivity contribution in [3.63, 3.8) is 0 Å². The van der Waals surface area contributed by atoms with Gasteiger partial charge in [-0.25, -0.2) is 8.42 Å². The Balaban J connectivity index is 1.98. The monoisotopic (exact) mass is 385 g/mol. The van der Waals surface area contributed by atoms with Gasteiger partial charge < -0.3 is 0 Å². The lowest BCUT2D eigenvalue weighted by Crippen LogP contribution is -2.33. The van der Waals surface area contributed by atoms with Crippen molar-refractivity contribution in [1.82, 2.24) is 4.31 Å². The van der Waals surface area contributed by atoms with Crippen LogP contribution in [0.1, 0.15) is 30.0 Å². The summed E-state index contributed by atoms with van der Waals surface area (Å²) in [4.78, 5) is 0. The fourth-order valence-electron chi connectivity index (χ4n) is 2.85. The fraction of sp³-hybridized carbons (Fsp3) is 0.333. The van der Waals surface area contributed by atoms with Crippen LogP contribution in [0.3, 0.4) is 0 Å². The van der Waals surface area contributed by atoms with Crippen LogP contribution in [0.2, 0.25) is 0 Å². The van der Waals surface area contributed by atoms with Crippen LogP contribution in [0.15, 0.2) is 44.4 Å². The molecule has 1 aromatic carbocycles. The van der Waals surface area contributed by atoms with E-state index >= 15 is 0 Å². The largest absolute Gasteiger partial charge is 0.252 e. The van der Waals surface area contributed by atoms with E-state index in [-0.39, 0.29) is 6.04 Å². The summed E-state index contributed by atoms with van der Waals surface area (Å²) in [6.07, 6.45) is 2.93. The number of hydrogen-bond acceptors (Lipinski definition) is 3. The molecule has 1 heterocycles. The molecular weight excluding hydrogens is 370 g/mol. The highest BCUT2D eigenvalue weighted by Crippen LogP contribution is 2.37. The molecule has 3 rings (SSSR count). The minimum absolute atomic E-state index is 0.0687. The number of fused-ring (bicyclic) bond motifs is 1. The first-order valence-electron chi connectivity index (χ1n) is 6.81. The Bertz CT molecular complexity index is 755. The molecule has 1 aromatic heterocycles. The standard InChI is InChI=1S/C15H16BrNO2S2/c1-17(21(18,19)15-10-9-14(16)20-15)13-8-4-6-11-5-2-3-7-12(11)13/h2-3,5,7,9-10,13H,4,6,8H2,1H3/t13-/m1/s1. The minimum atomic E-state index is -3.44. The second-order valence-corrected chi connectivity index (χ2v) is 9.87. The van der Waals surface area contributed by atoms with Crippen molar-refractivity contribution in [2.24, 2.45) is 0 Å². The maximum Gasteiger partial charge on any atom is 0.252 e. The highest BCUT2D eigenvalue weighted by Gasteiger charge is 2.32. The topological polar surface area (TPSA) is 37.4 Å². The van der Waals surface area contributed by atoms with Gasteiger partial charge in [0.25, 0.3) is 10.0 Å². The van der Waals surface area contributed by atoms with Gasteiger partial charge in [-0.3, -0.25) is 0 Å². The summed E-state index contributed by atoms with van der Waals surface area (Å²) in [7, 11) is -1.75. The summed E-state index contributed by atoms with van der Waals surface area (Å²) < 4.78 is 28.3. The first-order valence-corrected chi connectivity index (χ1v) is 9.86. The molecule has 1 aliphatic carbocycles. The third-order valence-corrected chi connectivity index (χ3v) is 7.92. The normalized spacial score (nSPS) is 18.7.